The predicted octanol–water partition coefficient (Wildman–Crippen LogP) is -1.18. The summed E-state index contributed by atoms with van der Waals surface area (Å²) < 4.78 is 12.6. The number of hydrogen-bond acceptors (Lipinski definition) is 6. The van der Waals surface area contributed by atoms with Gasteiger partial charge in [0.05, 0.1) is 24.6 Å². The standard InChI is InChI=1S/C9H13N3O4/c1-4-6(13)7(14)8-9(16-4)12-5(3-15-8)2-10-11-12/h2,4,6-9,13-14H,3H2,1H3/t4-,6-,7+,8-,9-/m1/s1. The fourth-order valence-electron chi connectivity index (χ4n) is 2.16. The SMILES string of the molecule is C[C@H]1O[C@@H]2[C@H](OCc3cnnn32)[C@@H](O)[C@@H]1O. The molecule has 0 aromatic carbocycles. The molecule has 0 radical (unpaired) electrons. The highest BCUT2D eigenvalue weighted by molar-refractivity contribution is 5.01. The highest BCUT2D eigenvalue weighted by Gasteiger charge is 2.47. The molecule has 3 heterocycles. The number of aliphatic hydroxyl groups is 2. The van der Waals surface area contributed by atoms with Crippen molar-refractivity contribution < 1.29 is 19.7 Å². The summed E-state index contributed by atoms with van der Waals surface area (Å²) in [5, 5.41) is 27.2. The number of ether oxygens (including phenoxy) is 2. The fraction of sp³-hybridized carbons (Fsp3) is 0.778. The molecule has 88 valence electrons. The smallest absolute Gasteiger partial charge is 0.181 e. The van der Waals surface area contributed by atoms with Crippen LogP contribution in [0.4, 0.5) is 0 Å². The number of aromatic nitrogens is 3. The lowest BCUT2D eigenvalue weighted by atomic mass is 9.98. The van der Waals surface area contributed by atoms with Gasteiger partial charge in [-0.3, -0.25) is 0 Å². The predicted molar refractivity (Wildman–Crippen MR) is 50.2 cm³/mol. The van der Waals surface area contributed by atoms with E-state index in [0.717, 1.165) is 5.69 Å². The molecule has 3 rings (SSSR count). The van der Waals surface area contributed by atoms with Crippen molar-refractivity contribution in [1.82, 2.24) is 15.0 Å². The normalized spacial score (nSPS) is 42.6. The van der Waals surface area contributed by atoms with Crippen molar-refractivity contribution in [3.63, 3.8) is 0 Å². The summed E-state index contributed by atoms with van der Waals surface area (Å²) in [4.78, 5) is 0. The van der Waals surface area contributed by atoms with Crippen LogP contribution in [-0.4, -0.2) is 49.6 Å². The zero-order chi connectivity index (χ0) is 11.3. The van der Waals surface area contributed by atoms with E-state index in [9.17, 15) is 10.2 Å². The van der Waals surface area contributed by atoms with E-state index < -0.39 is 30.6 Å². The van der Waals surface area contributed by atoms with Gasteiger partial charge in [0.1, 0.15) is 18.3 Å². The Morgan fingerprint density at radius 1 is 1.44 bits per heavy atom. The molecule has 0 bridgehead atoms. The molecule has 0 amide bonds. The summed E-state index contributed by atoms with van der Waals surface area (Å²) in [5.74, 6) is 0. The molecule has 0 spiro atoms. The van der Waals surface area contributed by atoms with Crippen LogP contribution in [0.1, 0.15) is 18.8 Å². The summed E-state index contributed by atoms with van der Waals surface area (Å²) in [6.45, 7) is 2.02. The Bertz CT molecular complexity index is 396. The van der Waals surface area contributed by atoms with E-state index in [-0.39, 0.29) is 0 Å². The largest absolute Gasteiger partial charge is 0.388 e. The molecule has 5 atom stereocenters. The number of fused-ring (bicyclic) bond motifs is 3. The minimum Gasteiger partial charge on any atom is -0.388 e. The van der Waals surface area contributed by atoms with E-state index in [2.05, 4.69) is 10.3 Å². The van der Waals surface area contributed by atoms with Gasteiger partial charge in [-0.05, 0) is 6.92 Å². The second-order valence-electron chi connectivity index (χ2n) is 4.16. The van der Waals surface area contributed by atoms with Crippen LogP contribution in [0.15, 0.2) is 6.20 Å². The molecule has 7 nitrogen and oxygen atoms in total. The van der Waals surface area contributed by atoms with E-state index in [1.54, 1.807) is 17.8 Å². The molecule has 0 saturated carbocycles. The lowest BCUT2D eigenvalue weighted by Gasteiger charge is -2.43. The maximum atomic E-state index is 9.89. The minimum absolute atomic E-state index is 0.315. The third-order valence-electron chi connectivity index (χ3n) is 3.12. The van der Waals surface area contributed by atoms with Crippen LogP contribution >= 0.6 is 0 Å². The monoisotopic (exact) mass is 227 g/mol. The van der Waals surface area contributed by atoms with Gasteiger partial charge in [0.2, 0.25) is 0 Å². The molecular weight excluding hydrogens is 214 g/mol. The Kier molecular flexibility index (Phi) is 2.21. The Hall–Kier alpha value is -1.02. The molecule has 1 aromatic rings. The van der Waals surface area contributed by atoms with Crippen molar-refractivity contribution in [2.45, 2.75) is 44.2 Å². The first-order chi connectivity index (χ1) is 7.68. The second kappa shape index (κ2) is 3.49. The number of nitrogens with zero attached hydrogens (tertiary/aromatic N) is 3. The molecule has 2 N–H and O–H groups in total. The molecular formula is C9H13N3O4. The maximum absolute atomic E-state index is 9.89. The van der Waals surface area contributed by atoms with E-state index in [4.69, 9.17) is 9.47 Å². The molecule has 1 aromatic heterocycles. The maximum Gasteiger partial charge on any atom is 0.181 e. The molecule has 2 aliphatic heterocycles. The van der Waals surface area contributed by atoms with Gasteiger partial charge in [0, 0.05) is 0 Å². The van der Waals surface area contributed by atoms with E-state index in [1.165, 1.54) is 0 Å². The third kappa shape index (κ3) is 1.29. The summed E-state index contributed by atoms with van der Waals surface area (Å²) in [5.41, 5.74) is 0.803. The summed E-state index contributed by atoms with van der Waals surface area (Å²) in [7, 11) is 0. The van der Waals surface area contributed by atoms with Gasteiger partial charge in [-0.1, -0.05) is 5.21 Å². The molecule has 2 aliphatic rings. The highest BCUT2D eigenvalue weighted by Crippen LogP contribution is 2.33. The average Bonchev–Trinajstić information content (AvgIpc) is 2.74. The Morgan fingerprint density at radius 3 is 3.06 bits per heavy atom. The fourth-order valence-corrected chi connectivity index (χ4v) is 2.16. The van der Waals surface area contributed by atoms with Crippen LogP contribution < -0.4 is 0 Å². The van der Waals surface area contributed by atoms with Gasteiger partial charge in [0.15, 0.2) is 6.23 Å². The Labute approximate surface area is 91.6 Å². The molecule has 16 heavy (non-hydrogen) atoms. The summed E-state index contributed by atoms with van der Waals surface area (Å²) in [6, 6.07) is 0. The number of rotatable bonds is 0. The summed E-state index contributed by atoms with van der Waals surface area (Å²) in [6.07, 6.45) is -1.88. The van der Waals surface area contributed by atoms with Gasteiger partial charge >= 0.3 is 0 Å². The Morgan fingerprint density at radius 2 is 2.25 bits per heavy atom. The third-order valence-corrected chi connectivity index (χ3v) is 3.12. The van der Waals surface area contributed by atoms with E-state index in [1.807, 2.05) is 0 Å². The zero-order valence-electron chi connectivity index (χ0n) is 8.72. The number of hydrogen-bond donors (Lipinski definition) is 2. The van der Waals surface area contributed by atoms with Crippen molar-refractivity contribution in [1.29, 1.82) is 0 Å². The van der Waals surface area contributed by atoms with Gasteiger partial charge in [-0.25, -0.2) is 4.68 Å². The van der Waals surface area contributed by atoms with Crippen LogP contribution in [0.2, 0.25) is 0 Å². The molecule has 7 heteroatoms. The first-order valence-corrected chi connectivity index (χ1v) is 5.21. The van der Waals surface area contributed by atoms with Crippen molar-refractivity contribution in [2.24, 2.45) is 0 Å². The zero-order valence-corrected chi connectivity index (χ0v) is 8.72. The van der Waals surface area contributed by atoms with Crippen molar-refractivity contribution in [3.05, 3.63) is 11.9 Å². The van der Waals surface area contributed by atoms with Crippen LogP contribution in [0.3, 0.4) is 0 Å². The topological polar surface area (TPSA) is 89.6 Å². The second-order valence-corrected chi connectivity index (χ2v) is 4.16. The van der Waals surface area contributed by atoms with Crippen molar-refractivity contribution in [3.8, 4) is 0 Å². The highest BCUT2D eigenvalue weighted by atomic mass is 16.6. The van der Waals surface area contributed by atoms with E-state index in [0.29, 0.717) is 6.61 Å². The van der Waals surface area contributed by atoms with Gasteiger partial charge < -0.3 is 19.7 Å². The van der Waals surface area contributed by atoms with Gasteiger partial charge in [-0.2, -0.15) is 0 Å². The van der Waals surface area contributed by atoms with Crippen LogP contribution in [0.25, 0.3) is 0 Å². The van der Waals surface area contributed by atoms with Crippen molar-refractivity contribution in [2.75, 3.05) is 0 Å². The van der Waals surface area contributed by atoms with Gasteiger partial charge in [-0.15, -0.1) is 5.10 Å². The van der Waals surface area contributed by atoms with Crippen LogP contribution in [-0.2, 0) is 16.1 Å². The average molecular weight is 227 g/mol. The van der Waals surface area contributed by atoms with Crippen molar-refractivity contribution >= 4 is 0 Å². The lowest BCUT2D eigenvalue weighted by Crippen LogP contribution is -2.57. The quantitative estimate of drug-likeness (QED) is 0.579. The molecule has 1 saturated heterocycles. The minimum atomic E-state index is -0.967. The first kappa shape index (κ1) is 10.2. The van der Waals surface area contributed by atoms with Crippen LogP contribution in [0.5, 0.6) is 0 Å². The van der Waals surface area contributed by atoms with Crippen LogP contribution in [0, 0.1) is 0 Å². The number of aliphatic hydroxyl groups excluding tert-OH is 2. The van der Waals surface area contributed by atoms with Gasteiger partial charge in [0.25, 0.3) is 0 Å². The first-order valence-electron chi connectivity index (χ1n) is 5.21. The molecule has 0 aliphatic carbocycles. The Balaban J connectivity index is 1.96. The van der Waals surface area contributed by atoms with E-state index >= 15 is 0 Å². The summed E-state index contributed by atoms with van der Waals surface area (Å²) >= 11 is 0. The molecule has 0 unspecified atom stereocenters. The lowest BCUT2D eigenvalue weighted by molar-refractivity contribution is -0.270. The molecule has 1 fully saturated rings.